The second kappa shape index (κ2) is 12.8. The fourth-order valence-electron chi connectivity index (χ4n) is 2.31. The maximum atomic E-state index is 14.0. The van der Waals surface area contributed by atoms with Crippen LogP contribution in [-0.4, -0.2) is 30.6 Å². The van der Waals surface area contributed by atoms with Crippen molar-refractivity contribution in [2.24, 2.45) is 4.99 Å². The van der Waals surface area contributed by atoms with E-state index in [2.05, 4.69) is 32.3 Å². The van der Waals surface area contributed by atoms with Crippen molar-refractivity contribution >= 4 is 41.3 Å². The Labute approximate surface area is 183 Å². The first kappa shape index (κ1) is 24.5. The van der Waals surface area contributed by atoms with E-state index in [4.69, 9.17) is 0 Å². The molecule has 2 N–H and O–H groups in total. The summed E-state index contributed by atoms with van der Waals surface area (Å²) in [5.41, 5.74) is -0.0116. The van der Waals surface area contributed by atoms with Crippen LogP contribution in [0.15, 0.2) is 29.4 Å². The van der Waals surface area contributed by atoms with Crippen molar-refractivity contribution in [2.75, 3.05) is 13.1 Å². The highest BCUT2D eigenvalue weighted by Gasteiger charge is 2.13. The average molecular weight is 528 g/mol. The van der Waals surface area contributed by atoms with Gasteiger partial charge in [0.2, 0.25) is 0 Å². The number of halogens is 4. The van der Waals surface area contributed by atoms with E-state index in [0.29, 0.717) is 19.0 Å². The number of rotatable bonds is 9. The fraction of sp³-hybridized carbons (Fsp3) is 0.444. The molecule has 0 aliphatic rings. The molecule has 1 aromatic carbocycles. The van der Waals surface area contributed by atoms with Crippen LogP contribution in [0.3, 0.4) is 0 Å². The summed E-state index contributed by atoms with van der Waals surface area (Å²) < 4.78 is 43.4. The molecule has 0 unspecified atom stereocenters. The molecule has 10 heteroatoms. The summed E-state index contributed by atoms with van der Waals surface area (Å²) >= 11 is 1.67. The molecule has 0 amide bonds. The second-order valence-electron chi connectivity index (χ2n) is 5.54. The highest BCUT2D eigenvalue weighted by atomic mass is 127. The SMILES string of the molecule is CCNC(=NCc1c(F)cccc1OC(F)F)NCCc1ncc(CC)s1.I. The molecule has 2 rings (SSSR count). The summed E-state index contributed by atoms with van der Waals surface area (Å²) in [6.07, 6.45) is 3.57. The number of thiazole rings is 1. The summed E-state index contributed by atoms with van der Waals surface area (Å²) in [5, 5.41) is 7.21. The molecule has 0 aliphatic carbocycles. The van der Waals surface area contributed by atoms with Gasteiger partial charge in [0.25, 0.3) is 0 Å². The quantitative estimate of drug-likeness (QED) is 0.289. The van der Waals surface area contributed by atoms with E-state index >= 15 is 0 Å². The Balaban J connectivity index is 0.00000392. The van der Waals surface area contributed by atoms with Crippen molar-refractivity contribution in [3.05, 3.63) is 45.7 Å². The van der Waals surface area contributed by atoms with Gasteiger partial charge in [-0.25, -0.2) is 14.4 Å². The number of alkyl halides is 2. The van der Waals surface area contributed by atoms with E-state index in [1.54, 1.807) is 11.3 Å². The number of hydrogen-bond acceptors (Lipinski definition) is 4. The number of aromatic nitrogens is 1. The van der Waals surface area contributed by atoms with Crippen LogP contribution in [0.4, 0.5) is 13.2 Å². The summed E-state index contributed by atoms with van der Waals surface area (Å²) in [7, 11) is 0. The molecular weight excluding hydrogens is 504 g/mol. The first-order valence-electron chi connectivity index (χ1n) is 8.71. The van der Waals surface area contributed by atoms with Crippen molar-refractivity contribution in [3.63, 3.8) is 0 Å². The van der Waals surface area contributed by atoms with Gasteiger partial charge in [0.1, 0.15) is 11.6 Å². The Morgan fingerprint density at radius 3 is 2.71 bits per heavy atom. The molecule has 1 heterocycles. The van der Waals surface area contributed by atoms with Gasteiger partial charge in [-0.3, -0.25) is 0 Å². The zero-order chi connectivity index (χ0) is 19.6. The molecule has 0 bridgehead atoms. The van der Waals surface area contributed by atoms with Crippen molar-refractivity contribution in [2.45, 2.75) is 39.8 Å². The lowest BCUT2D eigenvalue weighted by Crippen LogP contribution is -2.38. The molecule has 156 valence electrons. The van der Waals surface area contributed by atoms with Crippen molar-refractivity contribution in [1.29, 1.82) is 0 Å². The van der Waals surface area contributed by atoms with Gasteiger partial charge in [-0.2, -0.15) is 8.78 Å². The van der Waals surface area contributed by atoms with E-state index in [1.807, 2.05) is 13.1 Å². The second-order valence-corrected chi connectivity index (χ2v) is 6.74. The highest BCUT2D eigenvalue weighted by Crippen LogP contribution is 2.24. The molecule has 0 spiro atoms. The molecule has 0 radical (unpaired) electrons. The molecule has 28 heavy (non-hydrogen) atoms. The molecule has 5 nitrogen and oxygen atoms in total. The predicted octanol–water partition coefficient (Wildman–Crippen LogP) is 4.36. The van der Waals surface area contributed by atoms with Crippen LogP contribution < -0.4 is 15.4 Å². The van der Waals surface area contributed by atoms with Crippen LogP contribution in [0.1, 0.15) is 29.3 Å². The average Bonchev–Trinajstić information content (AvgIpc) is 3.08. The molecular formula is C18H24F3IN4OS. The normalized spacial score (nSPS) is 11.3. The van der Waals surface area contributed by atoms with Gasteiger partial charge < -0.3 is 15.4 Å². The summed E-state index contributed by atoms with van der Waals surface area (Å²) in [6, 6.07) is 3.81. The molecule has 0 atom stereocenters. The lowest BCUT2D eigenvalue weighted by atomic mass is 10.2. The van der Waals surface area contributed by atoms with Crippen LogP contribution in [-0.2, 0) is 19.4 Å². The maximum absolute atomic E-state index is 14.0. The first-order chi connectivity index (χ1) is 13.0. The van der Waals surface area contributed by atoms with Crippen molar-refractivity contribution in [3.8, 4) is 5.75 Å². The summed E-state index contributed by atoms with van der Waals surface area (Å²) in [5.74, 6) is -0.377. The highest BCUT2D eigenvalue weighted by molar-refractivity contribution is 14.0. The minimum Gasteiger partial charge on any atom is -0.434 e. The minimum atomic E-state index is -3.02. The first-order valence-corrected chi connectivity index (χ1v) is 9.53. The zero-order valence-corrected chi connectivity index (χ0v) is 18.8. The Morgan fingerprint density at radius 1 is 1.29 bits per heavy atom. The third kappa shape index (κ3) is 7.82. The summed E-state index contributed by atoms with van der Waals surface area (Å²) in [4.78, 5) is 9.87. The Hall–Kier alpha value is -1.56. The van der Waals surface area contributed by atoms with Gasteiger partial charge >= 0.3 is 6.61 Å². The number of nitrogens with one attached hydrogen (secondary N) is 2. The fourth-order valence-corrected chi connectivity index (χ4v) is 3.18. The van der Waals surface area contributed by atoms with Gasteiger partial charge in [-0.15, -0.1) is 35.3 Å². The minimum absolute atomic E-state index is 0. The van der Waals surface area contributed by atoms with Crippen LogP contribution in [0.5, 0.6) is 5.75 Å². The maximum Gasteiger partial charge on any atom is 0.387 e. The summed E-state index contributed by atoms with van der Waals surface area (Å²) in [6.45, 7) is 2.05. The van der Waals surface area contributed by atoms with Gasteiger partial charge in [0.05, 0.1) is 17.1 Å². The Morgan fingerprint density at radius 2 is 2.07 bits per heavy atom. The lowest BCUT2D eigenvalue weighted by molar-refractivity contribution is -0.0506. The monoisotopic (exact) mass is 528 g/mol. The van der Waals surface area contributed by atoms with Gasteiger partial charge in [0, 0.05) is 30.6 Å². The smallest absolute Gasteiger partial charge is 0.387 e. The molecule has 0 aliphatic heterocycles. The number of nitrogens with zero attached hydrogens (tertiary/aromatic N) is 2. The van der Waals surface area contributed by atoms with Crippen molar-refractivity contribution in [1.82, 2.24) is 15.6 Å². The van der Waals surface area contributed by atoms with Crippen LogP contribution in [0, 0.1) is 5.82 Å². The van der Waals surface area contributed by atoms with Gasteiger partial charge in [0.15, 0.2) is 5.96 Å². The van der Waals surface area contributed by atoms with Crippen molar-refractivity contribution < 1.29 is 17.9 Å². The zero-order valence-electron chi connectivity index (χ0n) is 15.7. The van der Waals surface area contributed by atoms with Gasteiger partial charge in [-0.05, 0) is 25.5 Å². The predicted molar refractivity (Wildman–Crippen MR) is 116 cm³/mol. The van der Waals surface area contributed by atoms with Crippen LogP contribution >= 0.6 is 35.3 Å². The molecule has 1 aromatic heterocycles. The number of guanidine groups is 1. The number of benzene rings is 1. The Kier molecular flexibility index (Phi) is 11.2. The van der Waals surface area contributed by atoms with E-state index < -0.39 is 12.4 Å². The Bertz CT molecular complexity index is 758. The van der Waals surface area contributed by atoms with Crippen LogP contribution in [0.2, 0.25) is 0 Å². The molecule has 2 aromatic rings. The largest absolute Gasteiger partial charge is 0.434 e. The molecule has 0 saturated carbocycles. The van der Waals surface area contributed by atoms with E-state index in [9.17, 15) is 13.2 Å². The molecule has 0 fully saturated rings. The third-order valence-corrected chi connectivity index (χ3v) is 4.81. The van der Waals surface area contributed by atoms with Gasteiger partial charge in [-0.1, -0.05) is 13.0 Å². The number of aryl methyl sites for hydroxylation is 1. The van der Waals surface area contributed by atoms with E-state index in [-0.39, 0.29) is 41.8 Å². The van der Waals surface area contributed by atoms with Crippen LogP contribution in [0.25, 0.3) is 0 Å². The number of aliphatic imine (C=N–C) groups is 1. The number of hydrogen-bond donors (Lipinski definition) is 2. The van der Waals surface area contributed by atoms with E-state index in [0.717, 1.165) is 17.8 Å². The molecule has 0 saturated heterocycles. The third-order valence-electron chi connectivity index (χ3n) is 3.61. The van der Waals surface area contributed by atoms with E-state index in [1.165, 1.54) is 23.1 Å². The number of ether oxygens (including phenoxy) is 1. The topological polar surface area (TPSA) is 58.5 Å². The lowest BCUT2D eigenvalue weighted by Gasteiger charge is -2.13. The standard InChI is InChI=1S/C18H23F3N4OS.HI/c1-3-12-10-24-16(27-12)8-9-23-18(22-4-2)25-11-13-14(19)6-5-7-15(13)26-17(20)21;/h5-7,10,17H,3-4,8-9,11H2,1-2H3,(H2,22,23,25);1H.